The first kappa shape index (κ1) is 14.9. The predicted molar refractivity (Wildman–Crippen MR) is 79.4 cm³/mol. The molecular formula is C16H12ClNO3. The average Bonchev–Trinajstić information content (AvgIpc) is 2.94. The summed E-state index contributed by atoms with van der Waals surface area (Å²) in [7, 11) is 0. The van der Waals surface area contributed by atoms with Crippen molar-refractivity contribution in [3.05, 3.63) is 52.8 Å². The van der Waals surface area contributed by atoms with E-state index in [0.717, 1.165) is 5.56 Å². The molecule has 5 heteroatoms. The second kappa shape index (κ2) is 6.78. The molecule has 1 aromatic carbocycles. The Kier molecular flexibility index (Phi) is 4.81. The minimum Gasteiger partial charge on any atom is -0.462 e. The number of carbonyl (C=O) groups excluding carboxylic acids is 1. The molecule has 0 atom stereocenters. The van der Waals surface area contributed by atoms with Gasteiger partial charge >= 0.3 is 5.97 Å². The minimum absolute atomic E-state index is 0.103. The van der Waals surface area contributed by atoms with Crippen molar-refractivity contribution in [3.8, 4) is 17.4 Å². The van der Waals surface area contributed by atoms with Crippen LogP contribution in [0.4, 0.5) is 0 Å². The van der Waals surface area contributed by atoms with Crippen LogP contribution in [0, 0.1) is 11.3 Å². The van der Waals surface area contributed by atoms with Gasteiger partial charge in [0.25, 0.3) is 0 Å². The third-order valence-electron chi connectivity index (χ3n) is 2.66. The van der Waals surface area contributed by atoms with E-state index in [0.29, 0.717) is 16.5 Å². The number of carbonyl (C=O) groups is 1. The SMILES string of the molecule is CCOC(=O)C(C#N)=Cc1ccc(-c2ccc(Cl)cc2)o1. The minimum atomic E-state index is -0.663. The maximum atomic E-state index is 11.5. The first-order chi connectivity index (χ1) is 10.1. The van der Waals surface area contributed by atoms with Gasteiger partial charge in [-0.05, 0) is 43.3 Å². The third kappa shape index (κ3) is 3.74. The zero-order chi connectivity index (χ0) is 15.2. The van der Waals surface area contributed by atoms with Crippen molar-refractivity contribution in [2.75, 3.05) is 6.61 Å². The maximum absolute atomic E-state index is 11.5. The second-order valence-corrected chi connectivity index (χ2v) is 4.54. The molecule has 0 radical (unpaired) electrons. The summed E-state index contributed by atoms with van der Waals surface area (Å²) >= 11 is 5.83. The normalized spacial score (nSPS) is 11.0. The summed E-state index contributed by atoms with van der Waals surface area (Å²) in [5, 5.41) is 9.60. The van der Waals surface area contributed by atoms with Crippen molar-refractivity contribution in [2.45, 2.75) is 6.92 Å². The van der Waals surface area contributed by atoms with E-state index in [2.05, 4.69) is 0 Å². The molecule has 2 rings (SSSR count). The highest BCUT2D eigenvalue weighted by molar-refractivity contribution is 6.30. The molecule has 0 saturated carbocycles. The van der Waals surface area contributed by atoms with Crippen molar-refractivity contribution in [1.29, 1.82) is 5.26 Å². The molecule has 0 aliphatic rings. The van der Waals surface area contributed by atoms with Crippen LogP contribution in [0.3, 0.4) is 0 Å². The summed E-state index contributed by atoms with van der Waals surface area (Å²) in [6, 6.07) is 12.4. The van der Waals surface area contributed by atoms with E-state index in [1.807, 2.05) is 12.1 Å². The number of halogens is 1. The number of hydrogen-bond donors (Lipinski definition) is 0. The lowest BCUT2D eigenvalue weighted by Crippen LogP contribution is -2.05. The highest BCUT2D eigenvalue weighted by Gasteiger charge is 2.11. The van der Waals surface area contributed by atoms with Crippen LogP contribution >= 0.6 is 11.6 Å². The first-order valence-electron chi connectivity index (χ1n) is 6.28. The summed E-state index contributed by atoms with van der Waals surface area (Å²) in [4.78, 5) is 11.5. The highest BCUT2D eigenvalue weighted by atomic mass is 35.5. The Balaban J connectivity index is 2.25. The molecule has 1 aromatic heterocycles. The average molecular weight is 302 g/mol. The number of nitrogens with zero attached hydrogens (tertiary/aromatic N) is 1. The van der Waals surface area contributed by atoms with E-state index >= 15 is 0 Å². The van der Waals surface area contributed by atoms with Crippen LogP contribution in [0.1, 0.15) is 12.7 Å². The van der Waals surface area contributed by atoms with E-state index in [1.54, 1.807) is 37.3 Å². The Morgan fingerprint density at radius 2 is 2.05 bits per heavy atom. The van der Waals surface area contributed by atoms with E-state index in [-0.39, 0.29) is 12.2 Å². The first-order valence-corrected chi connectivity index (χ1v) is 6.66. The Labute approximate surface area is 127 Å². The summed E-state index contributed by atoms with van der Waals surface area (Å²) in [6.07, 6.45) is 1.36. The van der Waals surface area contributed by atoms with Gasteiger partial charge in [-0.25, -0.2) is 4.79 Å². The van der Waals surface area contributed by atoms with E-state index < -0.39 is 5.97 Å². The molecule has 2 aromatic rings. The fraction of sp³-hybridized carbons (Fsp3) is 0.125. The van der Waals surface area contributed by atoms with E-state index in [9.17, 15) is 4.79 Å². The number of hydrogen-bond acceptors (Lipinski definition) is 4. The molecule has 106 valence electrons. The smallest absolute Gasteiger partial charge is 0.349 e. The molecular weight excluding hydrogens is 290 g/mol. The molecule has 4 nitrogen and oxygen atoms in total. The Hall–Kier alpha value is -2.51. The van der Waals surface area contributed by atoms with Gasteiger partial charge in [-0.15, -0.1) is 0 Å². The van der Waals surface area contributed by atoms with Crippen LogP contribution in [0.5, 0.6) is 0 Å². The number of furan rings is 1. The molecule has 0 spiro atoms. The molecule has 0 unspecified atom stereocenters. The largest absolute Gasteiger partial charge is 0.462 e. The van der Waals surface area contributed by atoms with Gasteiger partial charge in [-0.2, -0.15) is 5.26 Å². The molecule has 1 heterocycles. The van der Waals surface area contributed by atoms with Crippen LogP contribution in [0.25, 0.3) is 17.4 Å². The lowest BCUT2D eigenvalue weighted by atomic mass is 10.2. The topological polar surface area (TPSA) is 63.2 Å². The van der Waals surface area contributed by atoms with Gasteiger partial charge in [0.05, 0.1) is 6.61 Å². The maximum Gasteiger partial charge on any atom is 0.349 e. The number of nitriles is 1. The monoisotopic (exact) mass is 301 g/mol. The molecule has 0 saturated heterocycles. The Bertz CT molecular complexity index is 708. The van der Waals surface area contributed by atoms with Crippen LogP contribution in [-0.2, 0) is 9.53 Å². The third-order valence-corrected chi connectivity index (χ3v) is 2.91. The molecule has 0 amide bonds. The summed E-state index contributed by atoms with van der Waals surface area (Å²) in [5.41, 5.74) is 0.752. The van der Waals surface area contributed by atoms with Gasteiger partial charge < -0.3 is 9.15 Å². The molecule has 0 aliphatic heterocycles. The zero-order valence-corrected chi connectivity index (χ0v) is 12.1. The van der Waals surface area contributed by atoms with Crippen molar-refractivity contribution < 1.29 is 13.9 Å². The van der Waals surface area contributed by atoms with Crippen LogP contribution < -0.4 is 0 Å². The predicted octanol–water partition coefficient (Wildman–Crippen LogP) is 4.07. The fourth-order valence-corrected chi connectivity index (χ4v) is 1.81. The number of benzene rings is 1. The Morgan fingerprint density at radius 3 is 2.67 bits per heavy atom. The van der Waals surface area contributed by atoms with Crippen LogP contribution in [0.15, 0.2) is 46.4 Å². The van der Waals surface area contributed by atoms with Gasteiger partial charge in [-0.3, -0.25) is 0 Å². The molecule has 0 aliphatic carbocycles. The van der Waals surface area contributed by atoms with Gasteiger partial charge in [0.1, 0.15) is 23.2 Å². The summed E-state index contributed by atoms with van der Waals surface area (Å²) in [6.45, 7) is 1.89. The van der Waals surface area contributed by atoms with Gasteiger partial charge in [-0.1, -0.05) is 11.6 Å². The summed E-state index contributed by atoms with van der Waals surface area (Å²) in [5.74, 6) is 0.369. The van der Waals surface area contributed by atoms with Crippen molar-refractivity contribution in [3.63, 3.8) is 0 Å². The lowest BCUT2D eigenvalue weighted by Gasteiger charge is -1.98. The van der Waals surface area contributed by atoms with Crippen molar-refractivity contribution in [1.82, 2.24) is 0 Å². The lowest BCUT2D eigenvalue weighted by molar-refractivity contribution is -0.137. The molecule has 0 bridgehead atoms. The van der Waals surface area contributed by atoms with Gasteiger partial charge in [0.15, 0.2) is 0 Å². The Morgan fingerprint density at radius 1 is 1.33 bits per heavy atom. The number of rotatable bonds is 4. The van der Waals surface area contributed by atoms with E-state index in [4.69, 9.17) is 26.0 Å². The second-order valence-electron chi connectivity index (χ2n) is 4.10. The number of ether oxygens (including phenoxy) is 1. The molecule has 0 N–H and O–H groups in total. The van der Waals surface area contributed by atoms with Crippen molar-refractivity contribution >= 4 is 23.6 Å². The highest BCUT2D eigenvalue weighted by Crippen LogP contribution is 2.24. The zero-order valence-electron chi connectivity index (χ0n) is 11.3. The molecule has 0 fully saturated rings. The quantitative estimate of drug-likeness (QED) is 0.485. The number of esters is 1. The van der Waals surface area contributed by atoms with Gasteiger partial charge in [0.2, 0.25) is 0 Å². The van der Waals surface area contributed by atoms with Crippen molar-refractivity contribution in [2.24, 2.45) is 0 Å². The fourth-order valence-electron chi connectivity index (χ4n) is 1.69. The van der Waals surface area contributed by atoms with E-state index in [1.165, 1.54) is 6.08 Å². The molecule has 21 heavy (non-hydrogen) atoms. The standard InChI is InChI=1S/C16H12ClNO3/c1-2-20-16(19)12(10-18)9-14-7-8-15(21-14)11-3-5-13(17)6-4-11/h3-9H,2H2,1H3. The van der Waals surface area contributed by atoms with Gasteiger partial charge in [0, 0.05) is 16.7 Å². The van der Waals surface area contributed by atoms with Crippen LogP contribution in [0.2, 0.25) is 5.02 Å². The summed E-state index contributed by atoms with van der Waals surface area (Å²) < 4.78 is 10.4. The van der Waals surface area contributed by atoms with Crippen LogP contribution in [-0.4, -0.2) is 12.6 Å².